The standard InChI is InChI=1S/C11H13NO/c1-2-9-5-3-4-6-10(9)7-11(12)8-13/h1,3-6,11,13H,7-8,12H2. The zero-order chi connectivity index (χ0) is 9.68. The molecule has 0 radical (unpaired) electrons. The maximum absolute atomic E-state index is 8.78. The van der Waals surface area contributed by atoms with Crippen LogP contribution in [0.3, 0.4) is 0 Å². The minimum Gasteiger partial charge on any atom is -0.395 e. The van der Waals surface area contributed by atoms with E-state index in [4.69, 9.17) is 17.3 Å². The molecule has 1 atom stereocenters. The molecule has 0 saturated carbocycles. The molecule has 0 heterocycles. The average molecular weight is 175 g/mol. The van der Waals surface area contributed by atoms with Gasteiger partial charge in [0.25, 0.3) is 0 Å². The van der Waals surface area contributed by atoms with Crippen LogP contribution in [0.2, 0.25) is 0 Å². The summed E-state index contributed by atoms with van der Waals surface area (Å²) in [5.74, 6) is 2.59. The first kappa shape index (κ1) is 9.79. The molecule has 13 heavy (non-hydrogen) atoms. The molecule has 2 heteroatoms. The summed E-state index contributed by atoms with van der Waals surface area (Å²) in [5.41, 5.74) is 7.48. The van der Waals surface area contributed by atoms with Crippen molar-refractivity contribution >= 4 is 0 Å². The zero-order valence-corrected chi connectivity index (χ0v) is 7.40. The first-order valence-corrected chi connectivity index (χ1v) is 4.19. The summed E-state index contributed by atoms with van der Waals surface area (Å²) in [4.78, 5) is 0. The lowest BCUT2D eigenvalue weighted by Gasteiger charge is -2.09. The second kappa shape index (κ2) is 4.66. The van der Waals surface area contributed by atoms with Crippen LogP contribution in [0.5, 0.6) is 0 Å². The Kier molecular flexibility index (Phi) is 3.51. The fourth-order valence-electron chi connectivity index (χ4n) is 1.19. The number of hydrogen-bond donors (Lipinski definition) is 2. The molecule has 0 spiro atoms. The summed E-state index contributed by atoms with van der Waals surface area (Å²) < 4.78 is 0. The third-order valence-electron chi connectivity index (χ3n) is 1.89. The van der Waals surface area contributed by atoms with E-state index in [2.05, 4.69) is 5.92 Å². The zero-order valence-electron chi connectivity index (χ0n) is 7.40. The van der Waals surface area contributed by atoms with Crippen molar-refractivity contribution in [3.8, 4) is 12.3 Å². The van der Waals surface area contributed by atoms with E-state index in [0.29, 0.717) is 6.42 Å². The van der Waals surface area contributed by atoms with Gasteiger partial charge in [-0.1, -0.05) is 24.1 Å². The molecule has 68 valence electrons. The Labute approximate surface area is 78.4 Å². The van der Waals surface area contributed by atoms with Crippen LogP contribution < -0.4 is 5.73 Å². The van der Waals surface area contributed by atoms with E-state index in [0.717, 1.165) is 11.1 Å². The topological polar surface area (TPSA) is 46.2 Å². The smallest absolute Gasteiger partial charge is 0.0585 e. The Morgan fingerprint density at radius 2 is 2.15 bits per heavy atom. The van der Waals surface area contributed by atoms with Gasteiger partial charge in [0, 0.05) is 11.6 Å². The van der Waals surface area contributed by atoms with Crippen LogP contribution in [-0.2, 0) is 6.42 Å². The highest BCUT2D eigenvalue weighted by atomic mass is 16.3. The molecule has 0 bridgehead atoms. The quantitative estimate of drug-likeness (QED) is 0.658. The Hall–Kier alpha value is -1.30. The molecule has 0 aliphatic heterocycles. The number of rotatable bonds is 3. The van der Waals surface area contributed by atoms with Gasteiger partial charge >= 0.3 is 0 Å². The number of aliphatic hydroxyl groups is 1. The lowest BCUT2D eigenvalue weighted by molar-refractivity contribution is 0.265. The van der Waals surface area contributed by atoms with Crippen molar-refractivity contribution < 1.29 is 5.11 Å². The monoisotopic (exact) mass is 175 g/mol. The van der Waals surface area contributed by atoms with Crippen LogP contribution in [-0.4, -0.2) is 17.8 Å². The third-order valence-corrected chi connectivity index (χ3v) is 1.89. The summed E-state index contributed by atoms with van der Waals surface area (Å²) in [6.07, 6.45) is 5.94. The van der Waals surface area contributed by atoms with Crippen molar-refractivity contribution in [3.63, 3.8) is 0 Å². The molecule has 0 aliphatic carbocycles. The summed E-state index contributed by atoms with van der Waals surface area (Å²) in [6.45, 7) is -0.0150. The molecule has 0 saturated heterocycles. The molecule has 0 amide bonds. The van der Waals surface area contributed by atoms with Gasteiger partial charge < -0.3 is 10.8 Å². The van der Waals surface area contributed by atoms with E-state index >= 15 is 0 Å². The van der Waals surface area contributed by atoms with E-state index < -0.39 is 0 Å². The van der Waals surface area contributed by atoms with Gasteiger partial charge in [-0.3, -0.25) is 0 Å². The van der Waals surface area contributed by atoms with Gasteiger partial charge in [-0.2, -0.15) is 0 Å². The Bertz CT molecular complexity index is 314. The first-order valence-electron chi connectivity index (χ1n) is 4.19. The van der Waals surface area contributed by atoms with Crippen LogP contribution in [0.25, 0.3) is 0 Å². The van der Waals surface area contributed by atoms with E-state index in [1.807, 2.05) is 24.3 Å². The van der Waals surface area contributed by atoms with Crippen molar-refractivity contribution in [2.45, 2.75) is 12.5 Å². The number of terminal acetylenes is 1. The summed E-state index contributed by atoms with van der Waals surface area (Å²) >= 11 is 0. The molecule has 1 rings (SSSR count). The molecule has 1 unspecified atom stereocenters. The van der Waals surface area contributed by atoms with Gasteiger partial charge in [-0.05, 0) is 18.1 Å². The van der Waals surface area contributed by atoms with Gasteiger partial charge in [-0.15, -0.1) is 6.42 Å². The molecule has 0 fully saturated rings. The molecule has 0 aliphatic rings. The van der Waals surface area contributed by atoms with E-state index in [1.54, 1.807) is 0 Å². The fourth-order valence-corrected chi connectivity index (χ4v) is 1.19. The van der Waals surface area contributed by atoms with Gasteiger partial charge in [0.05, 0.1) is 6.61 Å². The highest BCUT2D eigenvalue weighted by molar-refractivity contribution is 5.40. The predicted octanol–water partition coefficient (Wildman–Crippen LogP) is 0.530. The van der Waals surface area contributed by atoms with Gasteiger partial charge in [0.1, 0.15) is 0 Å². The van der Waals surface area contributed by atoms with Crippen LogP contribution >= 0.6 is 0 Å². The Balaban J connectivity index is 2.82. The van der Waals surface area contributed by atoms with Crippen molar-refractivity contribution in [2.24, 2.45) is 5.73 Å². The lowest BCUT2D eigenvalue weighted by Crippen LogP contribution is -2.27. The minimum atomic E-state index is -0.227. The van der Waals surface area contributed by atoms with Crippen molar-refractivity contribution in [1.82, 2.24) is 0 Å². The second-order valence-electron chi connectivity index (χ2n) is 2.95. The molecule has 0 aromatic heterocycles. The first-order chi connectivity index (χ1) is 6.27. The number of benzene rings is 1. The SMILES string of the molecule is C#Cc1ccccc1CC(N)CO. The van der Waals surface area contributed by atoms with E-state index in [-0.39, 0.29) is 12.6 Å². The van der Waals surface area contributed by atoms with Crippen LogP contribution in [0.15, 0.2) is 24.3 Å². The number of hydrogen-bond acceptors (Lipinski definition) is 2. The molecule has 2 nitrogen and oxygen atoms in total. The molecular weight excluding hydrogens is 162 g/mol. The molecule has 3 N–H and O–H groups in total. The van der Waals surface area contributed by atoms with Crippen molar-refractivity contribution in [1.29, 1.82) is 0 Å². The number of aliphatic hydroxyl groups excluding tert-OH is 1. The summed E-state index contributed by atoms with van der Waals surface area (Å²) in [6, 6.07) is 7.39. The highest BCUT2D eigenvalue weighted by Crippen LogP contribution is 2.08. The largest absolute Gasteiger partial charge is 0.395 e. The molecule has 1 aromatic rings. The van der Waals surface area contributed by atoms with Crippen LogP contribution in [0.4, 0.5) is 0 Å². The second-order valence-corrected chi connectivity index (χ2v) is 2.95. The van der Waals surface area contributed by atoms with Gasteiger partial charge in [-0.25, -0.2) is 0 Å². The van der Waals surface area contributed by atoms with Crippen molar-refractivity contribution in [2.75, 3.05) is 6.61 Å². The van der Waals surface area contributed by atoms with Crippen LogP contribution in [0, 0.1) is 12.3 Å². The van der Waals surface area contributed by atoms with Gasteiger partial charge in [0.15, 0.2) is 0 Å². The third kappa shape index (κ3) is 2.59. The predicted molar refractivity (Wildman–Crippen MR) is 53.1 cm³/mol. The lowest BCUT2D eigenvalue weighted by atomic mass is 10.0. The maximum atomic E-state index is 8.78. The average Bonchev–Trinajstić information content (AvgIpc) is 2.18. The van der Waals surface area contributed by atoms with Gasteiger partial charge in [0.2, 0.25) is 0 Å². The fraction of sp³-hybridized carbons (Fsp3) is 0.273. The van der Waals surface area contributed by atoms with Crippen molar-refractivity contribution in [3.05, 3.63) is 35.4 Å². The van der Waals surface area contributed by atoms with E-state index in [9.17, 15) is 0 Å². The molecule has 1 aromatic carbocycles. The Morgan fingerprint density at radius 1 is 1.46 bits per heavy atom. The van der Waals surface area contributed by atoms with Crippen LogP contribution in [0.1, 0.15) is 11.1 Å². The Morgan fingerprint density at radius 3 is 2.77 bits per heavy atom. The highest BCUT2D eigenvalue weighted by Gasteiger charge is 2.04. The number of nitrogens with two attached hydrogens (primary N) is 1. The summed E-state index contributed by atoms with van der Waals surface area (Å²) in [5, 5.41) is 8.78. The van der Waals surface area contributed by atoms with E-state index in [1.165, 1.54) is 0 Å². The minimum absolute atomic E-state index is 0.0150. The normalized spacial score (nSPS) is 12.1. The molecular formula is C11H13NO. The maximum Gasteiger partial charge on any atom is 0.0585 e. The summed E-state index contributed by atoms with van der Waals surface area (Å²) in [7, 11) is 0.